The molecule has 0 bridgehead atoms. The minimum atomic E-state index is 1.05. The molecule has 1 heteroatoms. The Kier molecular flexibility index (Phi) is 1.69. The average molecular weight is 116 g/mol. The van der Waals surface area contributed by atoms with Crippen molar-refractivity contribution in [3.05, 3.63) is 0 Å². The normalized spacial score (nSPS) is 42.0. The molecule has 0 aromatic carbocycles. The van der Waals surface area contributed by atoms with E-state index in [0.717, 1.165) is 11.3 Å². The van der Waals surface area contributed by atoms with Gasteiger partial charge in [0.2, 0.25) is 0 Å². The predicted molar refractivity (Wildman–Crippen MR) is 36.5 cm³/mol. The van der Waals surface area contributed by atoms with E-state index in [-0.39, 0.29) is 0 Å². The van der Waals surface area contributed by atoms with Crippen LogP contribution in [0.1, 0.15) is 26.7 Å². The van der Waals surface area contributed by atoms with Crippen molar-refractivity contribution in [2.75, 3.05) is 0 Å². The van der Waals surface area contributed by atoms with Crippen LogP contribution in [0.5, 0.6) is 0 Å². The number of hydrogen-bond acceptors (Lipinski definition) is 0. The molecule has 0 nitrogen and oxygen atoms in total. The molecule has 1 aliphatic rings. The number of hydrogen-bond donors (Lipinski definition) is 0. The molecule has 0 unspecified atom stereocenters. The Hall–Kier alpha value is 0.430. The highest BCUT2D eigenvalue weighted by Gasteiger charge is 2.15. The summed E-state index contributed by atoms with van der Waals surface area (Å²) in [5, 5.41) is 0. The lowest BCUT2D eigenvalue weighted by Crippen LogP contribution is -1.81. The van der Waals surface area contributed by atoms with Crippen LogP contribution in [0, 0.1) is 0 Å². The van der Waals surface area contributed by atoms with Gasteiger partial charge in [0.1, 0.15) is 0 Å². The molecule has 7 heavy (non-hydrogen) atoms. The van der Waals surface area contributed by atoms with Crippen LogP contribution in [-0.4, -0.2) is 11.3 Å². The first-order valence-electron chi connectivity index (χ1n) is 3.05. The maximum absolute atomic E-state index is 2.36. The SMILES string of the molecule is C[C@H]1CC[C@H](C)P1. The molecule has 1 rings (SSSR count). The van der Waals surface area contributed by atoms with Gasteiger partial charge in [-0.1, -0.05) is 13.8 Å². The van der Waals surface area contributed by atoms with Gasteiger partial charge in [0.05, 0.1) is 0 Å². The predicted octanol–water partition coefficient (Wildman–Crippen LogP) is 2.24. The van der Waals surface area contributed by atoms with Crippen LogP contribution in [0.15, 0.2) is 0 Å². The Morgan fingerprint density at radius 3 is 1.71 bits per heavy atom. The lowest BCUT2D eigenvalue weighted by atomic mass is 10.2. The van der Waals surface area contributed by atoms with E-state index >= 15 is 0 Å². The van der Waals surface area contributed by atoms with Gasteiger partial charge in [-0.3, -0.25) is 0 Å². The first kappa shape index (κ1) is 5.56. The molecule has 2 atom stereocenters. The highest BCUT2D eigenvalue weighted by Crippen LogP contribution is 2.38. The van der Waals surface area contributed by atoms with Crippen LogP contribution in [0.2, 0.25) is 0 Å². The molecular weight excluding hydrogens is 103 g/mol. The number of rotatable bonds is 0. The summed E-state index contributed by atoms with van der Waals surface area (Å²) < 4.78 is 0. The molecule has 0 saturated carbocycles. The summed E-state index contributed by atoms with van der Waals surface area (Å²) in [5.74, 6) is 0. The van der Waals surface area contributed by atoms with Gasteiger partial charge in [-0.05, 0) is 24.2 Å². The second kappa shape index (κ2) is 2.13. The zero-order valence-electron chi connectivity index (χ0n) is 5.07. The average Bonchev–Trinajstić information content (AvgIpc) is 1.87. The van der Waals surface area contributed by atoms with E-state index < -0.39 is 0 Å². The summed E-state index contributed by atoms with van der Waals surface area (Å²) >= 11 is 0. The molecule has 1 fully saturated rings. The van der Waals surface area contributed by atoms with Crippen molar-refractivity contribution in [2.24, 2.45) is 0 Å². The van der Waals surface area contributed by atoms with E-state index in [4.69, 9.17) is 0 Å². The van der Waals surface area contributed by atoms with Crippen LogP contribution in [0.3, 0.4) is 0 Å². The Labute approximate surface area is 47.5 Å². The van der Waals surface area contributed by atoms with E-state index in [0.29, 0.717) is 0 Å². The van der Waals surface area contributed by atoms with Gasteiger partial charge in [-0.25, -0.2) is 0 Å². The molecule has 0 aliphatic carbocycles. The quantitative estimate of drug-likeness (QED) is 0.426. The molecular formula is C6H13P. The van der Waals surface area contributed by atoms with E-state index in [9.17, 15) is 0 Å². The second-order valence-corrected chi connectivity index (χ2v) is 4.85. The third kappa shape index (κ3) is 1.42. The maximum Gasteiger partial charge on any atom is -0.0262 e. The molecule has 0 aromatic rings. The third-order valence-electron chi connectivity index (χ3n) is 1.60. The topological polar surface area (TPSA) is 0 Å². The zero-order valence-corrected chi connectivity index (χ0v) is 6.07. The third-order valence-corrected chi connectivity index (χ3v) is 3.32. The van der Waals surface area contributed by atoms with Gasteiger partial charge >= 0.3 is 0 Å². The first-order valence-corrected chi connectivity index (χ1v) is 4.20. The Morgan fingerprint density at radius 1 is 1.14 bits per heavy atom. The summed E-state index contributed by atoms with van der Waals surface area (Å²) in [4.78, 5) is 0. The summed E-state index contributed by atoms with van der Waals surface area (Å²) in [6, 6.07) is 0. The van der Waals surface area contributed by atoms with Gasteiger partial charge in [0.25, 0.3) is 0 Å². The van der Waals surface area contributed by atoms with Crippen LogP contribution in [0.4, 0.5) is 0 Å². The van der Waals surface area contributed by atoms with Crippen molar-refractivity contribution in [3.8, 4) is 0 Å². The monoisotopic (exact) mass is 116 g/mol. The van der Waals surface area contributed by atoms with Crippen LogP contribution < -0.4 is 0 Å². The minimum absolute atomic E-state index is 1.05. The summed E-state index contributed by atoms with van der Waals surface area (Å²) in [6.45, 7) is 4.73. The van der Waals surface area contributed by atoms with E-state index in [1.54, 1.807) is 0 Å². The van der Waals surface area contributed by atoms with Crippen molar-refractivity contribution in [3.63, 3.8) is 0 Å². The van der Waals surface area contributed by atoms with Crippen LogP contribution >= 0.6 is 8.58 Å². The highest BCUT2D eigenvalue weighted by atomic mass is 31.1. The first-order chi connectivity index (χ1) is 3.29. The Morgan fingerprint density at radius 2 is 1.57 bits per heavy atom. The smallest absolute Gasteiger partial charge is 0.0262 e. The molecule has 0 amide bonds. The fraction of sp³-hybridized carbons (Fsp3) is 1.00. The van der Waals surface area contributed by atoms with E-state index in [1.165, 1.54) is 21.4 Å². The largest absolute Gasteiger partial charge is 0.116 e. The lowest BCUT2D eigenvalue weighted by molar-refractivity contribution is 0.777. The maximum atomic E-state index is 2.36. The van der Waals surface area contributed by atoms with Gasteiger partial charge < -0.3 is 0 Å². The Bertz CT molecular complexity index is 53.2. The van der Waals surface area contributed by atoms with E-state index in [2.05, 4.69) is 13.8 Å². The van der Waals surface area contributed by atoms with Crippen LogP contribution in [-0.2, 0) is 0 Å². The molecule has 1 heterocycles. The van der Waals surface area contributed by atoms with Gasteiger partial charge in [-0.2, -0.15) is 0 Å². The van der Waals surface area contributed by atoms with Crippen molar-refractivity contribution < 1.29 is 0 Å². The second-order valence-electron chi connectivity index (χ2n) is 2.55. The minimum Gasteiger partial charge on any atom is -0.116 e. The molecule has 42 valence electrons. The molecule has 1 aliphatic heterocycles. The van der Waals surface area contributed by atoms with Gasteiger partial charge in [0.15, 0.2) is 0 Å². The lowest BCUT2D eigenvalue weighted by Gasteiger charge is -1.97. The molecule has 0 spiro atoms. The van der Waals surface area contributed by atoms with Gasteiger partial charge in [-0.15, -0.1) is 8.58 Å². The molecule has 0 N–H and O–H groups in total. The zero-order chi connectivity index (χ0) is 5.28. The fourth-order valence-corrected chi connectivity index (χ4v) is 2.79. The van der Waals surface area contributed by atoms with Crippen molar-refractivity contribution in [2.45, 2.75) is 38.0 Å². The standard InChI is InChI=1S/C6H13P/c1-5-3-4-6(2)7-5/h5-7H,3-4H2,1-2H3/t5-,6-/m0/s1. The van der Waals surface area contributed by atoms with Crippen molar-refractivity contribution in [1.82, 2.24) is 0 Å². The Balaban J connectivity index is 2.26. The summed E-state index contributed by atoms with van der Waals surface area (Å²) in [5.41, 5.74) is 2.10. The summed E-state index contributed by atoms with van der Waals surface area (Å²) in [6.07, 6.45) is 2.97. The summed E-state index contributed by atoms with van der Waals surface area (Å²) in [7, 11) is 1.26. The van der Waals surface area contributed by atoms with Crippen molar-refractivity contribution >= 4 is 8.58 Å². The van der Waals surface area contributed by atoms with Crippen LogP contribution in [0.25, 0.3) is 0 Å². The highest BCUT2D eigenvalue weighted by molar-refractivity contribution is 7.40. The molecule has 0 aromatic heterocycles. The van der Waals surface area contributed by atoms with Crippen molar-refractivity contribution in [1.29, 1.82) is 0 Å². The fourth-order valence-electron chi connectivity index (χ4n) is 1.15. The van der Waals surface area contributed by atoms with E-state index in [1.807, 2.05) is 0 Å². The molecule has 0 radical (unpaired) electrons. The molecule has 1 saturated heterocycles. The van der Waals surface area contributed by atoms with Gasteiger partial charge in [0, 0.05) is 0 Å².